The van der Waals surface area contributed by atoms with Crippen molar-refractivity contribution in [3.63, 3.8) is 0 Å². The van der Waals surface area contributed by atoms with Gasteiger partial charge in [-0.3, -0.25) is 4.79 Å². The van der Waals surface area contributed by atoms with Crippen molar-refractivity contribution in [2.75, 3.05) is 13.2 Å². The summed E-state index contributed by atoms with van der Waals surface area (Å²) >= 11 is 0. The zero-order valence-corrected chi connectivity index (χ0v) is 11.5. The fourth-order valence-electron chi connectivity index (χ4n) is 2.37. The number of carbonyl (C=O) groups excluding carboxylic acids is 1. The van der Waals surface area contributed by atoms with E-state index in [0.29, 0.717) is 6.04 Å². The summed E-state index contributed by atoms with van der Waals surface area (Å²) in [6, 6.07) is 7.84. The zero-order chi connectivity index (χ0) is 13.9. The highest BCUT2D eigenvalue weighted by atomic mass is 16.2. The van der Waals surface area contributed by atoms with Crippen molar-refractivity contribution in [2.24, 2.45) is 5.92 Å². The highest BCUT2D eigenvalue weighted by Gasteiger charge is 2.36. The second-order valence-corrected chi connectivity index (χ2v) is 5.67. The van der Waals surface area contributed by atoms with Gasteiger partial charge < -0.3 is 10.0 Å². The SMILES string of the molecule is O=C(c1ccc(C#CCO)cc1)N(CC1CC1)C1CC1. The minimum absolute atomic E-state index is 0.141. The van der Waals surface area contributed by atoms with Gasteiger partial charge in [-0.25, -0.2) is 0 Å². The van der Waals surface area contributed by atoms with E-state index in [2.05, 4.69) is 16.7 Å². The van der Waals surface area contributed by atoms with Crippen LogP contribution in [0.3, 0.4) is 0 Å². The molecule has 2 fully saturated rings. The first kappa shape index (κ1) is 13.2. The van der Waals surface area contributed by atoms with Crippen molar-refractivity contribution < 1.29 is 9.90 Å². The van der Waals surface area contributed by atoms with E-state index in [1.54, 1.807) is 0 Å². The van der Waals surface area contributed by atoms with Crippen molar-refractivity contribution >= 4 is 5.91 Å². The molecule has 0 atom stereocenters. The minimum Gasteiger partial charge on any atom is -0.384 e. The molecule has 0 heterocycles. The van der Waals surface area contributed by atoms with Crippen LogP contribution < -0.4 is 0 Å². The van der Waals surface area contributed by atoms with Crippen molar-refractivity contribution in [1.82, 2.24) is 4.90 Å². The van der Waals surface area contributed by atoms with E-state index in [1.807, 2.05) is 24.3 Å². The number of rotatable bonds is 4. The Labute approximate surface area is 119 Å². The monoisotopic (exact) mass is 269 g/mol. The molecule has 104 valence electrons. The first-order valence-corrected chi connectivity index (χ1v) is 7.28. The maximum absolute atomic E-state index is 12.6. The summed E-state index contributed by atoms with van der Waals surface area (Å²) in [5.74, 6) is 6.34. The lowest BCUT2D eigenvalue weighted by Crippen LogP contribution is -2.34. The average Bonchev–Trinajstić information content (AvgIpc) is 3.36. The van der Waals surface area contributed by atoms with Gasteiger partial charge >= 0.3 is 0 Å². The van der Waals surface area contributed by atoms with Crippen LogP contribution in [0.15, 0.2) is 24.3 Å². The topological polar surface area (TPSA) is 40.5 Å². The van der Waals surface area contributed by atoms with E-state index in [-0.39, 0.29) is 12.5 Å². The lowest BCUT2D eigenvalue weighted by Gasteiger charge is -2.22. The summed E-state index contributed by atoms with van der Waals surface area (Å²) in [5, 5.41) is 8.67. The van der Waals surface area contributed by atoms with Crippen LogP contribution in [0, 0.1) is 17.8 Å². The summed E-state index contributed by atoms with van der Waals surface area (Å²) in [6.45, 7) is 0.785. The number of benzene rings is 1. The van der Waals surface area contributed by atoms with Crippen LogP contribution in [0.4, 0.5) is 0 Å². The highest BCUT2D eigenvalue weighted by Crippen LogP contribution is 2.35. The second kappa shape index (κ2) is 5.68. The van der Waals surface area contributed by atoms with Crippen molar-refractivity contribution in [2.45, 2.75) is 31.7 Å². The predicted octanol–water partition coefficient (Wildman–Crippen LogP) is 2.04. The van der Waals surface area contributed by atoms with Gasteiger partial charge in [-0.2, -0.15) is 0 Å². The quantitative estimate of drug-likeness (QED) is 0.850. The van der Waals surface area contributed by atoms with Gasteiger partial charge in [0.1, 0.15) is 6.61 Å². The molecule has 1 amide bonds. The Morgan fingerprint density at radius 2 is 1.90 bits per heavy atom. The predicted molar refractivity (Wildman–Crippen MR) is 77.2 cm³/mol. The molecule has 0 aliphatic heterocycles. The normalized spacial score (nSPS) is 17.2. The molecule has 2 aliphatic carbocycles. The molecule has 3 heteroatoms. The van der Waals surface area contributed by atoms with Gasteiger partial charge in [0.15, 0.2) is 0 Å². The third-order valence-corrected chi connectivity index (χ3v) is 3.84. The Hall–Kier alpha value is -1.79. The molecule has 3 nitrogen and oxygen atoms in total. The zero-order valence-electron chi connectivity index (χ0n) is 11.5. The molecule has 0 aromatic heterocycles. The Morgan fingerprint density at radius 1 is 1.20 bits per heavy atom. The number of hydrogen-bond acceptors (Lipinski definition) is 2. The molecule has 0 saturated heterocycles. The van der Waals surface area contributed by atoms with Gasteiger partial charge in [-0.15, -0.1) is 0 Å². The summed E-state index contributed by atoms with van der Waals surface area (Å²) < 4.78 is 0. The average molecular weight is 269 g/mol. The molecule has 3 rings (SSSR count). The van der Waals surface area contributed by atoms with E-state index in [9.17, 15) is 4.79 Å². The Bertz CT molecular complexity index is 545. The first-order chi connectivity index (χ1) is 9.78. The van der Waals surface area contributed by atoms with Gasteiger partial charge in [0.05, 0.1) is 0 Å². The van der Waals surface area contributed by atoms with E-state index in [1.165, 1.54) is 12.8 Å². The number of aliphatic hydroxyl groups is 1. The molecular formula is C17H19NO2. The summed E-state index contributed by atoms with van der Waals surface area (Å²) in [6.07, 6.45) is 4.84. The van der Waals surface area contributed by atoms with Crippen LogP contribution in [0.25, 0.3) is 0 Å². The number of aliphatic hydroxyl groups excluding tert-OH is 1. The van der Waals surface area contributed by atoms with Crippen molar-refractivity contribution in [3.8, 4) is 11.8 Å². The van der Waals surface area contributed by atoms with Gasteiger partial charge in [-0.1, -0.05) is 11.8 Å². The molecule has 1 aromatic carbocycles. The van der Waals surface area contributed by atoms with E-state index in [4.69, 9.17) is 5.11 Å². The van der Waals surface area contributed by atoms with Crippen LogP contribution in [-0.4, -0.2) is 35.1 Å². The summed E-state index contributed by atoms with van der Waals surface area (Å²) in [4.78, 5) is 14.6. The molecule has 0 radical (unpaired) electrons. The molecule has 1 aromatic rings. The Kier molecular flexibility index (Phi) is 3.75. The van der Waals surface area contributed by atoms with E-state index >= 15 is 0 Å². The molecule has 2 saturated carbocycles. The third kappa shape index (κ3) is 3.20. The maximum atomic E-state index is 12.6. The summed E-state index contributed by atoms with van der Waals surface area (Å²) in [7, 11) is 0. The lowest BCUT2D eigenvalue weighted by atomic mass is 10.1. The molecule has 2 aliphatic rings. The van der Waals surface area contributed by atoms with E-state index < -0.39 is 0 Å². The number of nitrogens with zero attached hydrogens (tertiary/aromatic N) is 1. The standard InChI is InChI=1S/C17H19NO2/c19-11-1-2-13-5-7-15(8-6-13)17(20)18(16-9-10-16)12-14-3-4-14/h5-8,14,16,19H,3-4,9-12H2. The summed E-state index contributed by atoms with van der Waals surface area (Å²) in [5.41, 5.74) is 1.57. The van der Waals surface area contributed by atoms with Gasteiger partial charge in [-0.05, 0) is 55.9 Å². The van der Waals surface area contributed by atoms with E-state index in [0.717, 1.165) is 36.4 Å². The second-order valence-electron chi connectivity index (χ2n) is 5.67. The molecular weight excluding hydrogens is 250 g/mol. The molecule has 0 spiro atoms. The number of hydrogen-bond donors (Lipinski definition) is 1. The first-order valence-electron chi connectivity index (χ1n) is 7.28. The number of amides is 1. The number of carbonyl (C=O) groups is 1. The third-order valence-electron chi connectivity index (χ3n) is 3.84. The molecule has 1 N–H and O–H groups in total. The van der Waals surface area contributed by atoms with Crippen molar-refractivity contribution in [1.29, 1.82) is 0 Å². The molecule has 0 bridgehead atoms. The van der Waals surface area contributed by atoms with Gasteiger partial charge in [0, 0.05) is 23.7 Å². The Morgan fingerprint density at radius 3 is 2.45 bits per heavy atom. The van der Waals surface area contributed by atoms with Gasteiger partial charge in [0.25, 0.3) is 5.91 Å². The largest absolute Gasteiger partial charge is 0.384 e. The minimum atomic E-state index is -0.141. The highest BCUT2D eigenvalue weighted by molar-refractivity contribution is 5.94. The van der Waals surface area contributed by atoms with Gasteiger partial charge in [0.2, 0.25) is 0 Å². The molecule has 20 heavy (non-hydrogen) atoms. The van der Waals surface area contributed by atoms with Crippen molar-refractivity contribution in [3.05, 3.63) is 35.4 Å². The van der Waals surface area contributed by atoms with Crippen LogP contribution in [-0.2, 0) is 0 Å². The lowest BCUT2D eigenvalue weighted by molar-refractivity contribution is 0.0735. The Balaban J connectivity index is 1.71. The fourth-order valence-corrected chi connectivity index (χ4v) is 2.37. The van der Waals surface area contributed by atoms with Crippen LogP contribution >= 0.6 is 0 Å². The molecule has 0 unspecified atom stereocenters. The maximum Gasteiger partial charge on any atom is 0.254 e. The van der Waals surface area contributed by atoms with Crippen LogP contribution in [0.2, 0.25) is 0 Å². The smallest absolute Gasteiger partial charge is 0.254 e. The fraction of sp³-hybridized carbons (Fsp3) is 0.471. The van der Waals surface area contributed by atoms with Crippen LogP contribution in [0.5, 0.6) is 0 Å². The van der Waals surface area contributed by atoms with Crippen LogP contribution in [0.1, 0.15) is 41.6 Å².